The van der Waals surface area contributed by atoms with Crippen molar-refractivity contribution in [3.63, 3.8) is 0 Å². The highest BCUT2D eigenvalue weighted by atomic mass is 79.9. The molecule has 1 aromatic carbocycles. The first-order chi connectivity index (χ1) is 12.3. The van der Waals surface area contributed by atoms with Crippen molar-refractivity contribution >= 4 is 40.9 Å². The number of nitrogens with one attached hydrogen (secondary N) is 2. The molecule has 1 amide bonds. The molecule has 1 aromatic rings. The fourth-order valence-corrected chi connectivity index (χ4v) is 2.92. The first-order valence-corrected chi connectivity index (χ1v) is 8.41. The smallest absolute Gasteiger partial charge is 0.317 e. The van der Waals surface area contributed by atoms with Crippen molar-refractivity contribution in [2.75, 3.05) is 25.5 Å². The molecule has 0 saturated heterocycles. The molecular formula is C18H26BrN5O3. The van der Waals surface area contributed by atoms with Crippen LogP contribution >= 0.6 is 17.0 Å². The van der Waals surface area contributed by atoms with Crippen LogP contribution in [0.5, 0.6) is 0 Å². The van der Waals surface area contributed by atoms with Crippen LogP contribution in [0, 0.1) is 5.92 Å². The number of carbonyl (C=O) groups is 2. The Morgan fingerprint density at radius 3 is 2.56 bits per heavy atom. The van der Waals surface area contributed by atoms with Gasteiger partial charge in [0.25, 0.3) is 5.91 Å². The Balaban J connectivity index is 0.000000456. The Morgan fingerprint density at radius 1 is 1.37 bits per heavy atom. The average molecular weight is 440 g/mol. The predicted molar refractivity (Wildman–Crippen MR) is 111 cm³/mol. The van der Waals surface area contributed by atoms with Crippen LogP contribution in [0.3, 0.4) is 0 Å². The quantitative estimate of drug-likeness (QED) is 0.554. The Morgan fingerprint density at radius 2 is 2.04 bits per heavy atom. The molecule has 0 aromatic heterocycles. The van der Waals surface area contributed by atoms with E-state index in [4.69, 9.17) is 10.8 Å². The van der Waals surface area contributed by atoms with E-state index in [1.54, 1.807) is 7.05 Å². The fraction of sp³-hybridized carbons (Fsp3) is 0.389. The van der Waals surface area contributed by atoms with Gasteiger partial charge in [-0.15, -0.1) is 17.0 Å². The van der Waals surface area contributed by atoms with Crippen molar-refractivity contribution in [3.8, 4) is 0 Å². The number of fused-ring (bicyclic) bond motifs is 3. The highest BCUT2D eigenvalue weighted by molar-refractivity contribution is 8.93. The molecular weight excluding hydrogens is 414 g/mol. The third-order valence-electron chi connectivity index (χ3n) is 3.86. The molecule has 5 N–H and O–H groups in total. The second-order valence-electron chi connectivity index (χ2n) is 6.50. The van der Waals surface area contributed by atoms with Crippen molar-refractivity contribution in [2.45, 2.75) is 19.9 Å². The van der Waals surface area contributed by atoms with Crippen molar-refractivity contribution in [3.05, 3.63) is 41.2 Å². The van der Waals surface area contributed by atoms with Gasteiger partial charge in [-0.3, -0.25) is 9.59 Å². The molecule has 1 atom stereocenters. The van der Waals surface area contributed by atoms with Crippen molar-refractivity contribution in [1.82, 2.24) is 10.2 Å². The minimum atomic E-state index is -0.822. The van der Waals surface area contributed by atoms with Gasteiger partial charge in [0.2, 0.25) is 0 Å². The monoisotopic (exact) mass is 439 g/mol. The van der Waals surface area contributed by atoms with Crippen LogP contribution in [-0.2, 0) is 9.59 Å². The molecule has 27 heavy (non-hydrogen) atoms. The molecule has 8 nitrogen and oxygen atoms in total. The summed E-state index contributed by atoms with van der Waals surface area (Å²) in [4.78, 5) is 27.8. The molecule has 148 valence electrons. The number of nitrogens with two attached hydrogens (primary N) is 1. The summed E-state index contributed by atoms with van der Waals surface area (Å²) in [5, 5.41) is 13.4. The number of aliphatic carboxylic acids is 1. The maximum absolute atomic E-state index is 11.6. The lowest BCUT2D eigenvalue weighted by Crippen LogP contribution is -2.33. The lowest BCUT2D eigenvalue weighted by atomic mass is 9.95. The van der Waals surface area contributed by atoms with Crippen molar-refractivity contribution < 1.29 is 14.7 Å². The molecule has 0 bridgehead atoms. The largest absolute Gasteiger partial charge is 0.480 e. The van der Waals surface area contributed by atoms with E-state index in [2.05, 4.69) is 40.4 Å². The zero-order chi connectivity index (χ0) is 19.3. The van der Waals surface area contributed by atoms with Crippen LogP contribution < -0.4 is 16.4 Å². The van der Waals surface area contributed by atoms with Gasteiger partial charge in [0, 0.05) is 17.8 Å². The summed E-state index contributed by atoms with van der Waals surface area (Å²) in [6.07, 6.45) is 1.81. The number of rotatable bonds is 5. The highest BCUT2D eigenvalue weighted by Crippen LogP contribution is 2.42. The molecule has 2 aliphatic rings. The number of likely N-dealkylation sites (N-methyl/N-ethyl adjacent to an activating group) is 1. The molecule has 0 fully saturated rings. The maximum atomic E-state index is 11.6. The van der Waals surface area contributed by atoms with Crippen LogP contribution in [0.15, 0.2) is 40.7 Å². The van der Waals surface area contributed by atoms with Crippen molar-refractivity contribution in [2.24, 2.45) is 16.6 Å². The van der Waals surface area contributed by atoms with Gasteiger partial charge in [-0.1, -0.05) is 32.0 Å². The number of amides is 1. The Kier molecular flexibility index (Phi) is 8.45. The van der Waals surface area contributed by atoms with E-state index in [0.29, 0.717) is 11.6 Å². The molecule has 0 aliphatic carbocycles. The third kappa shape index (κ3) is 5.54. The van der Waals surface area contributed by atoms with Gasteiger partial charge >= 0.3 is 5.97 Å². The summed E-state index contributed by atoms with van der Waals surface area (Å²) < 4.78 is 0. The lowest BCUT2D eigenvalue weighted by molar-refractivity contribution is -0.135. The van der Waals surface area contributed by atoms with Crippen LogP contribution in [-0.4, -0.2) is 48.4 Å². The Labute approximate surface area is 169 Å². The second kappa shape index (κ2) is 10.1. The number of benzene rings is 1. The summed E-state index contributed by atoms with van der Waals surface area (Å²) in [6.45, 7) is 5.26. The molecule has 0 radical (unpaired) electrons. The van der Waals surface area contributed by atoms with E-state index in [0.717, 1.165) is 23.5 Å². The Hall–Kier alpha value is -2.39. The van der Waals surface area contributed by atoms with E-state index in [1.807, 2.05) is 24.5 Å². The van der Waals surface area contributed by atoms with Crippen LogP contribution in [0.4, 0.5) is 5.69 Å². The summed E-state index contributed by atoms with van der Waals surface area (Å²) in [5.41, 5.74) is 8.65. The summed E-state index contributed by atoms with van der Waals surface area (Å²) >= 11 is 0. The normalized spacial score (nSPS) is 16.6. The number of carboxylic acids is 1. The van der Waals surface area contributed by atoms with Gasteiger partial charge in [-0.25, -0.2) is 4.99 Å². The minimum absolute atomic E-state index is 0. The van der Waals surface area contributed by atoms with Gasteiger partial charge in [-0.05, 0) is 19.0 Å². The molecule has 2 heterocycles. The van der Waals surface area contributed by atoms with Gasteiger partial charge in [-0.2, -0.15) is 0 Å². The van der Waals surface area contributed by atoms with Crippen LogP contribution in [0.1, 0.15) is 25.5 Å². The lowest BCUT2D eigenvalue weighted by Gasteiger charge is -2.32. The molecule has 0 saturated carbocycles. The second-order valence-corrected chi connectivity index (χ2v) is 6.50. The van der Waals surface area contributed by atoms with Gasteiger partial charge in [0.05, 0.1) is 18.6 Å². The first-order valence-electron chi connectivity index (χ1n) is 8.41. The van der Waals surface area contributed by atoms with Crippen molar-refractivity contribution in [1.29, 1.82) is 0 Å². The standard InChI is InChI=1S/C15H18N4O.C3H7NO2.BrH/c1-9(2)7-19-8-17-12-13(15(16)20)18-11-6-4-3-5-10(11)14(12)19;1-4-2-3(5)6;/h3-6,8-9,14,18H,7H2,1-2H3,(H2,16,20);4H,2H2,1H3,(H,5,6);1H. The number of para-hydroxylation sites is 1. The van der Waals surface area contributed by atoms with Gasteiger partial charge in [0.1, 0.15) is 11.7 Å². The number of hydrogen-bond acceptors (Lipinski definition) is 6. The summed E-state index contributed by atoms with van der Waals surface area (Å²) in [6, 6.07) is 7.95. The fourth-order valence-electron chi connectivity index (χ4n) is 2.92. The molecule has 2 aliphatic heterocycles. The molecule has 1 unspecified atom stereocenters. The minimum Gasteiger partial charge on any atom is -0.480 e. The SMILES string of the molecule is Br.CC(C)CN1C=NC2=C(C(N)=O)Nc3ccccc3C21.CNCC(=O)O. The number of primary amides is 1. The highest BCUT2D eigenvalue weighted by Gasteiger charge is 2.36. The maximum Gasteiger partial charge on any atom is 0.317 e. The zero-order valence-electron chi connectivity index (χ0n) is 15.6. The summed E-state index contributed by atoms with van der Waals surface area (Å²) in [7, 11) is 1.59. The number of carbonyl (C=O) groups excluding carboxylic acids is 1. The molecule has 3 rings (SSSR count). The number of anilines is 1. The van der Waals surface area contributed by atoms with Crippen LogP contribution in [0.2, 0.25) is 0 Å². The van der Waals surface area contributed by atoms with E-state index >= 15 is 0 Å². The van der Waals surface area contributed by atoms with E-state index in [-0.39, 0.29) is 29.6 Å². The van der Waals surface area contributed by atoms with Crippen LogP contribution in [0.25, 0.3) is 0 Å². The number of halogens is 1. The van der Waals surface area contributed by atoms with E-state index < -0.39 is 11.9 Å². The van der Waals surface area contributed by atoms with Gasteiger partial charge < -0.3 is 26.4 Å². The van der Waals surface area contributed by atoms with E-state index in [1.165, 1.54) is 0 Å². The molecule has 0 spiro atoms. The summed E-state index contributed by atoms with van der Waals surface area (Å²) in [5.74, 6) is -0.777. The number of nitrogens with zero attached hydrogens (tertiary/aromatic N) is 2. The average Bonchev–Trinajstić information content (AvgIpc) is 2.97. The zero-order valence-corrected chi connectivity index (χ0v) is 17.3. The topological polar surface area (TPSA) is 120 Å². The van der Waals surface area contributed by atoms with E-state index in [9.17, 15) is 9.59 Å². The first kappa shape index (κ1) is 22.7. The predicted octanol–water partition coefficient (Wildman–Crippen LogP) is 1.72. The number of carboxylic acid groups (broad SMARTS) is 1. The Bertz CT molecular complexity index is 748. The number of hydrogen-bond donors (Lipinski definition) is 4. The number of aliphatic imine (C=N–C) groups is 1. The van der Waals surface area contributed by atoms with Gasteiger partial charge in [0.15, 0.2) is 0 Å². The third-order valence-corrected chi connectivity index (χ3v) is 3.86. The molecule has 9 heteroatoms.